The Balaban J connectivity index is 1.75. The van der Waals surface area contributed by atoms with E-state index in [1.54, 1.807) is 0 Å². The van der Waals surface area contributed by atoms with Crippen LogP contribution in [-0.4, -0.2) is 15.9 Å². The van der Waals surface area contributed by atoms with E-state index in [1.807, 2.05) is 48.7 Å². The van der Waals surface area contributed by atoms with E-state index in [0.29, 0.717) is 23.1 Å². The predicted molar refractivity (Wildman–Crippen MR) is 137 cm³/mol. The summed E-state index contributed by atoms with van der Waals surface area (Å²) in [5, 5.41) is 9.77. The molecule has 0 saturated carbocycles. The maximum absolute atomic E-state index is 13.4. The van der Waals surface area contributed by atoms with Crippen LogP contribution in [0.3, 0.4) is 0 Å². The van der Waals surface area contributed by atoms with Gasteiger partial charge in [0, 0.05) is 16.5 Å². The summed E-state index contributed by atoms with van der Waals surface area (Å²) in [4.78, 5) is 18.2. The number of unbranched alkanes of at least 4 members (excludes halogenated alkanes) is 1. The molecule has 0 N–H and O–H groups in total. The highest BCUT2D eigenvalue weighted by Crippen LogP contribution is 2.27. The Morgan fingerprint density at radius 2 is 1.62 bits per heavy atom. The van der Waals surface area contributed by atoms with Crippen molar-refractivity contribution in [2.24, 2.45) is 5.10 Å². The van der Waals surface area contributed by atoms with Gasteiger partial charge in [-0.2, -0.15) is 9.78 Å². The lowest BCUT2D eigenvalue weighted by Crippen LogP contribution is -2.22. The van der Waals surface area contributed by atoms with Gasteiger partial charge in [0.1, 0.15) is 5.82 Å². The molecule has 4 aromatic carbocycles. The minimum atomic E-state index is -0.150. The standard InChI is InChI=1S/C27H22BrN3O/c1-2-3-12-26-30-25-14-13-20(28)16-23(25)27(32)31(26)29-17-24-21-10-6-4-8-18(21)15-19-9-5-7-11-22(19)24/h4-11,13-17H,2-3,12H2,1H3. The van der Waals surface area contributed by atoms with E-state index < -0.39 is 0 Å². The summed E-state index contributed by atoms with van der Waals surface area (Å²) in [6, 6.07) is 24.3. The van der Waals surface area contributed by atoms with Crippen molar-refractivity contribution in [2.45, 2.75) is 26.2 Å². The molecule has 4 nitrogen and oxygen atoms in total. The fourth-order valence-electron chi connectivity index (χ4n) is 4.11. The molecule has 1 aromatic heterocycles. The molecule has 0 saturated heterocycles. The first-order valence-electron chi connectivity index (χ1n) is 10.8. The van der Waals surface area contributed by atoms with Gasteiger partial charge in [0.05, 0.1) is 17.1 Å². The lowest BCUT2D eigenvalue weighted by Gasteiger charge is -2.11. The molecule has 158 valence electrons. The highest BCUT2D eigenvalue weighted by Gasteiger charge is 2.12. The van der Waals surface area contributed by atoms with Crippen LogP contribution >= 0.6 is 15.9 Å². The Kier molecular flexibility index (Phi) is 5.58. The number of hydrogen-bond donors (Lipinski definition) is 0. The third kappa shape index (κ3) is 3.73. The van der Waals surface area contributed by atoms with Crippen LogP contribution < -0.4 is 5.56 Å². The first kappa shape index (κ1) is 20.6. The van der Waals surface area contributed by atoms with Crippen molar-refractivity contribution in [1.29, 1.82) is 0 Å². The highest BCUT2D eigenvalue weighted by atomic mass is 79.9. The quantitative estimate of drug-likeness (QED) is 0.206. The molecular formula is C27H22BrN3O. The summed E-state index contributed by atoms with van der Waals surface area (Å²) in [6.45, 7) is 2.13. The molecule has 5 rings (SSSR count). The minimum absolute atomic E-state index is 0.150. The minimum Gasteiger partial charge on any atom is -0.267 e. The van der Waals surface area contributed by atoms with Crippen LogP contribution in [0.4, 0.5) is 0 Å². The van der Waals surface area contributed by atoms with Crippen LogP contribution in [0.25, 0.3) is 32.4 Å². The second kappa shape index (κ2) is 8.67. The summed E-state index contributed by atoms with van der Waals surface area (Å²) < 4.78 is 2.32. The Labute approximate surface area is 194 Å². The molecule has 0 unspecified atom stereocenters. The van der Waals surface area contributed by atoms with Crippen LogP contribution in [0.15, 0.2) is 87.2 Å². The molecule has 0 aliphatic rings. The van der Waals surface area contributed by atoms with Crippen LogP contribution in [0.1, 0.15) is 31.2 Å². The molecule has 32 heavy (non-hydrogen) atoms. The van der Waals surface area contributed by atoms with Gasteiger partial charge in [0.15, 0.2) is 0 Å². The van der Waals surface area contributed by atoms with Crippen molar-refractivity contribution in [1.82, 2.24) is 9.66 Å². The van der Waals surface area contributed by atoms with Crippen molar-refractivity contribution in [3.8, 4) is 0 Å². The van der Waals surface area contributed by atoms with E-state index in [1.165, 1.54) is 4.68 Å². The van der Waals surface area contributed by atoms with Crippen molar-refractivity contribution in [3.63, 3.8) is 0 Å². The number of aromatic nitrogens is 2. The third-order valence-electron chi connectivity index (χ3n) is 5.74. The van der Waals surface area contributed by atoms with E-state index in [0.717, 1.165) is 44.4 Å². The van der Waals surface area contributed by atoms with Gasteiger partial charge < -0.3 is 0 Å². The number of fused-ring (bicyclic) bond motifs is 3. The Morgan fingerprint density at radius 3 is 2.31 bits per heavy atom. The molecule has 0 aliphatic carbocycles. The topological polar surface area (TPSA) is 47.2 Å². The fourth-order valence-corrected chi connectivity index (χ4v) is 4.48. The van der Waals surface area contributed by atoms with Gasteiger partial charge in [-0.1, -0.05) is 77.8 Å². The van der Waals surface area contributed by atoms with Gasteiger partial charge in [-0.3, -0.25) is 4.79 Å². The predicted octanol–water partition coefficient (Wildman–Crippen LogP) is 6.69. The summed E-state index contributed by atoms with van der Waals surface area (Å²) >= 11 is 3.47. The molecule has 0 fully saturated rings. The maximum atomic E-state index is 13.4. The van der Waals surface area contributed by atoms with Gasteiger partial charge >= 0.3 is 0 Å². The van der Waals surface area contributed by atoms with Gasteiger partial charge in [-0.25, -0.2) is 4.98 Å². The number of benzene rings is 4. The monoisotopic (exact) mass is 483 g/mol. The zero-order chi connectivity index (χ0) is 22.1. The lowest BCUT2D eigenvalue weighted by atomic mass is 9.97. The van der Waals surface area contributed by atoms with Crippen LogP contribution in [0.2, 0.25) is 0 Å². The first-order chi connectivity index (χ1) is 15.7. The zero-order valence-electron chi connectivity index (χ0n) is 17.8. The number of halogens is 1. The Bertz CT molecular complexity index is 1500. The highest BCUT2D eigenvalue weighted by molar-refractivity contribution is 9.10. The summed E-state index contributed by atoms with van der Waals surface area (Å²) in [7, 11) is 0. The average molecular weight is 484 g/mol. The molecular weight excluding hydrogens is 462 g/mol. The zero-order valence-corrected chi connectivity index (χ0v) is 19.3. The molecule has 0 radical (unpaired) electrons. The first-order valence-corrected chi connectivity index (χ1v) is 11.6. The molecule has 0 bridgehead atoms. The smallest absolute Gasteiger partial charge is 0.267 e. The molecule has 0 aliphatic heterocycles. The second-order valence-electron chi connectivity index (χ2n) is 7.89. The Hall–Kier alpha value is -3.31. The van der Waals surface area contributed by atoms with Crippen molar-refractivity contribution in [2.75, 3.05) is 0 Å². The molecule has 0 spiro atoms. The van der Waals surface area contributed by atoms with E-state index in [4.69, 9.17) is 10.1 Å². The Morgan fingerprint density at radius 1 is 0.938 bits per heavy atom. The maximum Gasteiger partial charge on any atom is 0.282 e. The number of hydrogen-bond acceptors (Lipinski definition) is 3. The number of nitrogens with zero attached hydrogens (tertiary/aromatic N) is 3. The summed E-state index contributed by atoms with van der Waals surface area (Å²) in [5.74, 6) is 0.687. The molecule has 0 atom stereocenters. The fraction of sp³-hybridized carbons (Fsp3) is 0.148. The average Bonchev–Trinajstić information content (AvgIpc) is 2.82. The van der Waals surface area contributed by atoms with E-state index in [2.05, 4.69) is 53.2 Å². The van der Waals surface area contributed by atoms with Crippen LogP contribution in [-0.2, 0) is 6.42 Å². The van der Waals surface area contributed by atoms with Crippen LogP contribution in [0.5, 0.6) is 0 Å². The van der Waals surface area contributed by atoms with Crippen molar-refractivity contribution < 1.29 is 0 Å². The number of rotatable bonds is 5. The summed E-state index contributed by atoms with van der Waals surface area (Å²) in [5.41, 5.74) is 1.55. The molecule has 5 aromatic rings. The molecule has 1 heterocycles. The van der Waals surface area contributed by atoms with Crippen molar-refractivity contribution in [3.05, 3.63) is 99.0 Å². The van der Waals surface area contributed by atoms with Gasteiger partial charge in [0.25, 0.3) is 5.56 Å². The van der Waals surface area contributed by atoms with Gasteiger partial charge in [-0.05, 0) is 52.2 Å². The van der Waals surface area contributed by atoms with Crippen LogP contribution in [0, 0.1) is 0 Å². The largest absolute Gasteiger partial charge is 0.282 e. The molecule has 5 heteroatoms. The SMILES string of the molecule is CCCCc1nc2ccc(Br)cc2c(=O)n1N=Cc1c2ccccc2cc2ccccc12. The van der Waals surface area contributed by atoms with Gasteiger partial charge in [-0.15, -0.1) is 0 Å². The second-order valence-corrected chi connectivity index (χ2v) is 8.80. The summed E-state index contributed by atoms with van der Waals surface area (Å²) in [6.07, 6.45) is 4.48. The van der Waals surface area contributed by atoms with Gasteiger partial charge in [0.2, 0.25) is 0 Å². The normalized spacial score (nSPS) is 11.8. The van der Waals surface area contributed by atoms with E-state index in [-0.39, 0.29) is 5.56 Å². The lowest BCUT2D eigenvalue weighted by molar-refractivity contribution is 0.675. The third-order valence-corrected chi connectivity index (χ3v) is 6.24. The number of aryl methyl sites for hydroxylation is 1. The molecule has 0 amide bonds. The van der Waals surface area contributed by atoms with Crippen molar-refractivity contribution >= 4 is 54.6 Å². The van der Waals surface area contributed by atoms with E-state index >= 15 is 0 Å². The van der Waals surface area contributed by atoms with E-state index in [9.17, 15) is 4.79 Å².